The number of aromatic nitrogens is 1. The van der Waals surface area contributed by atoms with Crippen LogP contribution in [0.25, 0.3) is 0 Å². The van der Waals surface area contributed by atoms with E-state index in [4.69, 9.17) is 0 Å². The maximum atomic E-state index is 10.1. The summed E-state index contributed by atoms with van der Waals surface area (Å²) in [7, 11) is 0. The Kier molecular flexibility index (Phi) is 3.95. The van der Waals surface area contributed by atoms with Gasteiger partial charge in [0, 0.05) is 12.2 Å². The number of pyridine rings is 1. The molecule has 1 aromatic carbocycles. The molecule has 0 radical (unpaired) electrons. The summed E-state index contributed by atoms with van der Waals surface area (Å²) in [5.74, 6) is 0.793. The number of aliphatic hydroxyl groups is 1. The minimum Gasteiger partial charge on any atom is -0.387 e. The highest BCUT2D eigenvalue weighted by molar-refractivity contribution is 5.36. The zero-order chi connectivity index (χ0) is 13.0. The lowest BCUT2D eigenvalue weighted by atomic mass is 10.1. The number of nitrogens with one attached hydrogen (secondary N) is 1. The largest absolute Gasteiger partial charge is 0.387 e. The van der Waals surface area contributed by atoms with Crippen LogP contribution in [0.15, 0.2) is 42.5 Å². The molecule has 0 unspecified atom stereocenters. The third kappa shape index (κ3) is 3.31. The van der Waals surface area contributed by atoms with Gasteiger partial charge in [0.15, 0.2) is 0 Å². The molecular weight excluding hydrogens is 224 g/mol. The van der Waals surface area contributed by atoms with Crippen molar-refractivity contribution in [2.24, 2.45) is 0 Å². The minimum atomic E-state index is -0.520. The summed E-state index contributed by atoms with van der Waals surface area (Å²) in [5.41, 5.74) is 3.07. The second-order valence-corrected chi connectivity index (χ2v) is 4.47. The molecule has 0 saturated carbocycles. The number of benzene rings is 1. The Bertz CT molecular complexity index is 508. The molecule has 0 spiro atoms. The zero-order valence-corrected chi connectivity index (χ0v) is 10.7. The third-order valence-corrected chi connectivity index (χ3v) is 2.83. The smallest absolute Gasteiger partial charge is 0.126 e. The molecule has 0 saturated heterocycles. The molecule has 0 aliphatic carbocycles. The van der Waals surface area contributed by atoms with Crippen LogP contribution in [0.4, 0.5) is 5.82 Å². The predicted molar refractivity (Wildman–Crippen MR) is 73.6 cm³/mol. The summed E-state index contributed by atoms with van der Waals surface area (Å²) in [6.07, 6.45) is -0.520. The van der Waals surface area contributed by atoms with E-state index in [0.717, 1.165) is 17.1 Å². The van der Waals surface area contributed by atoms with Crippen molar-refractivity contribution in [1.82, 2.24) is 4.98 Å². The fraction of sp³-hybridized carbons (Fsp3) is 0.267. The van der Waals surface area contributed by atoms with E-state index in [2.05, 4.69) is 10.3 Å². The monoisotopic (exact) mass is 242 g/mol. The highest BCUT2D eigenvalue weighted by Gasteiger charge is 2.06. The Morgan fingerprint density at radius 2 is 1.83 bits per heavy atom. The second kappa shape index (κ2) is 5.65. The molecular formula is C15H18N2O. The first kappa shape index (κ1) is 12.6. The van der Waals surface area contributed by atoms with Crippen molar-refractivity contribution in [2.45, 2.75) is 20.0 Å². The number of anilines is 1. The normalized spacial score (nSPS) is 12.2. The Hall–Kier alpha value is -1.87. The SMILES string of the molecule is Cc1ccc([C@@H](O)CNc2cccc(C)n2)cc1. The van der Waals surface area contributed by atoms with Gasteiger partial charge in [-0.25, -0.2) is 4.98 Å². The average molecular weight is 242 g/mol. The van der Waals surface area contributed by atoms with Gasteiger partial charge in [0.25, 0.3) is 0 Å². The molecule has 94 valence electrons. The third-order valence-electron chi connectivity index (χ3n) is 2.83. The van der Waals surface area contributed by atoms with Crippen LogP contribution in [-0.4, -0.2) is 16.6 Å². The van der Waals surface area contributed by atoms with Crippen molar-refractivity contribution in [3.63, 3.8) is 0 Å². The number of nitrogens with zero attached hydrogens (tertiary/aromatic N) is 1. The van der Waals surface area contributed by atoms with Crippen LogP contribution in [0, 0.1) is 13.8 Å². The number of aryl methyl sites for hydroxylation is 2. The van der Waals surface area contributed by atoms with E-state index in [1.54, 1.807) is 0 Å². The summed E-state index contributed by atoms with van der Waals surface area (Å²) in [4.78, 5) is 4.33. The molecule has 1 aromatic heterocycles. The van der Waals surface area contributed by atoms with Crippen molar-refractivity contribution in [3.05, 3.63) is 59.3 Å². The Morgan fingerprint density at radius 1 is 1.11 bits per heavy atom. The van der Waals surface area contributed by atoms with Crippen molar-refractivity contribution in [3.8, 4) is 0 Å². The Labute approximate surface area is 108 Å². The van der Waals surface area contributed by atoms with Crippen molar-refractivity contribution < 1.29 is 5.11 Å². The van der Waals surface area contributed by atoms with Crippen molar-refractivity contribution in [2.75, 3.05) is 11.9 Å². The molecule has 3 nitrogen and oxygen atoms in total. The van der Waals surface area contributed by atoms with Crippen LogP contribution in [0.2, 0.25) is 0 Å². The molecule has 3 heteroatoms. The van der Waals surface area contributed by atoms with Gasteiger partial charge in [0.1, 0.15) is 5.82 Å². The van der Waals surface area contributed by atoms with Crippen LogP contribution in [-0.2, 0) is 0 Å². The van der Waals surface area contributed by atoms with Crippen LogP contribution in [0.3, 0.4) is 0 Å². The molecule has 1 heterocycles. The van der Waals surface area contributed by atoms with Gasteiger partial charge in [-0.3, -0.25) is 0 Å². The summed E-state index contributed by atoms with van der Waals surface area (Å²) in [5, 5.41) is 13.2. The van der Waals surface area contributed by atoms with Gasteiger partial charge >= 0.3 is 0 Å². The first-order chi connectivity index (χ1) is 8.65. The van der Waals surface area contributed by atoms with E-state index in [-0.39, 0.29) is 0 Å². The first-order valence-corrected chi connectivity index (χ1v) is 6.07. The van der Waals surface area contributed by atoms with Gasteiger partial charge in [0.05, 0.1) is 6.10 Å². The number of aliphatic hydroxyl groups excluding tert-OH is 1. The van der Waals surface area contributed by atoms with E-state index in [1.807, 2.05) is 56.3 Å². The molecule has 18 heavy (non-hydrogen) atoms. The second-order valence-electron chi connectivity index (χ2n) is 4.47. The standard InChI is InChI=1S/C15H18N2O/c1-11-6-8-13(9-7-11)14(18)10-16-15-5-3-4-12(2)17-15/h3-9,14,18H,10H2,1-2H3,(H,16,17)/t14-/m0/s1. The maximum Gasteiger partial charge on any atom is 0.126 e. The van der Waals surface area contributed by atoms with Crippen LogP contribution < -0.4 is 5.32 Å². The molecule has 1 atom stereocenters. The quantitative estimate of drug-likeness (QED) is 0.866. The van der Waals surface area contributed by atoms with Gasteiger partial charge in [-0.05, 0) is 31.5 Å². The van der Waals surface area contributed by atoms with Crippen LogP contribution >= 0.6 is 0 Å². The molecule has 0 aliphatic rings. The highest BCUT2D eigenvalue weighted by Crippen LogP contribution is 2.14. The molecule has 2 aromatic rings. The van der Waals surface area contributed by atoms with E-state index < -0.39 is 6.10 Å². The summed E-state index contributed by atoms with van der Waals surface area (Å²) >= 11 is 0. The highest BCUT2D eigenvalue weighted by atomic mass is 16.3. The molecule has 0 bridgehead atoms. The maximum absolute atomic E-state index is 10.1. The van der Waals surface area contributed by atoms with E-state index in [0.29, 0.717) is 6.54 Å². The lowest BCUT2D eigenvalue weighted by molar-refractivity contribution is 0.191. The van der Waals surface area contributed by atoms with Gasteiger partial charge in [0.2, 0.25) is 0 Å². The lowest BCUT2D eigenvalue weighted by Crippen LogP contribution is -2.13. The Balaban J connectivity index is 1.96. The number of hydrogen-bond donors (Lipinski definition) is 2. The van der Waals surface area contributed by atoms with Crippen molar-refractivity contribution in [1.29, 1.82) is 0 Å². The average Bonchev–Trinajstić information content (AvgIpc) is 2.37. The first-order valence-electron chi connectivity index (χ1n) is 6.07. The van der Waals surface area contributed by atoms with E-state index in [1.165, 1.54) is 5.56 Å². The van der Waals surface area contributed by atoms with Gasteiger partial charge in [-0.2, -0.15) is 0 Å². The fourth-order valence-corrected chi connectivity index (χ4v) is 1.75. The van der Waals surface area contributed by atoms with E-state index in [9.17, 15) is 5.11 Å². The molecule has 0 fully saturated rings. The van der Waals surface area contributed by atoms with Crippen LogP contribution in [0.5, 0.6) is 0 Å². The van der Waals surface area contributed by atoms with E-state index >= 15 is 0 Å². The van der Waals surface area contributed by atoms with Crippen molar-refractivity contribution >= 4 is 5.82 Å². The zero-order valence-electron chi connectivity index (χ0n) is 10.7. The molecule has 0 amide bonds. The van der Waals surface area contributed by atoms with Crippen LogP contribution in [0.1, 0.15) is 22.9 Å². The Morgan fingerprint density at radius 3 is 2.50 bits per heavy atom. The fourth-order valence-electron chi connectivity index (χ4n) is 1.75. The molecule has 2 N–H and O–H groups in total. The van der Waals surface area contributed by atoms with Gasteiger partial charge in [-0.1, -0.05) is 35.9 Å². The molecule has 0 aliphatic heterocycles. The van der Waals surface area contributed by atoms with Gasteiger partial charge < -0.3 is 10.4 Å². The number of hydrogen-bond acceptors (Lipinski definition) is 3. The summed E-state index contributed by atoms with van der Waals surface area (Å²) in [6, 6.07) is 13.7. The summed E-state index contributed by atoms with van der Waals surface area (Å²) < 4.78 is 0. The minimum absolute atomic E-state index is 0.458. The molecule has 2 rings (SSSR count). The van der Waals surface area contributed by atoms with Gasteiger partial charge in [-0.15, -0.1) is 0 Å². The lowest BCUT2D eigenvalue weighted by Gasteiger charge is -2.13. The topological polar surface area (TPSA) is 45.1 Å². The number of rotatable bonds is 4. The summed E-state index contributed by atoms with van der Waals surface area (Å²) in [6.45, 7) is 4.44. The predicted octanol–water partition coefficient (Wildman–Crippen LogP) is 2.84.